The lowest BCUT2D eigenvalue weighted by atomic mass is 9.77. The van der Waals surface area contributed by atoms with Crippen molar-refractivity contribution >= 4 is 23.4 Å². The lowest BCUT2D eigenvalue weighted by molar-refractivity contribution is -0.0292. The number of aromatic amines is 1. The molecule has 0 radical (unpaired) electrons. The smallest absolute Gasteiger partial charge is 0.326 e. The first-order valence-electron chi connectivity index (χ1n) is 11.0. The molecular weight excluding hydrogens is 417 g/mol. The highest BCUT2D eigenvalue weighted by atomic mass is 35.5. The van der Waals surface area contributed by atoms with E-state index in [0.29, 0.717) is 18.9 Å². The van der Waals surface area contributed by atoms with Crippen molar-refractivity contribution in [1.29, 1.82) is 0 Å². The van der Waals surface area contributed by atoms with Crippen LogP contribution in [-0.2, 0) is 5.60 Å². The average molecular weight is 446 g/mol. The van der Waals surface area contributed by atoms with Crippen molar-refractivity contribution in [2.75, 3.05) is 13.1 Å². The number of imidazole rings is 1. The van der Waals surface area contributed by atoms with Gasteiger partial charge in [-0.1, -0.05) is 24.3 Å². The molecule has 166 valence electrons. The molecule has 0 spiro atoms. The Bertz CT molecular complexity index is 1080. The predicted molar refractivity (Wildman–Crippen MR) is 122 cm³/mol. The van der Waals surface area contributed by atoms with Crippen LogP contribution < -0.4 is 5.69 Å². The normalized spacial score (nSPS) is 25.4. The molecule has 2 aliphatic rings. The number of hydrogen-bond acceptors (Lipinski definition) is 3. The number of hydrogen-bond donors (Lipinski definition) is 2. The van der Waals surface area contributed by atoms with Crippen LogP contribution in [0.2, 0.25) is 0 Å². The number of nitrogens with one attached hydrogen (secondary N) is 1. The van der Waals surface area contributed by atoms with Gasteiger partial charge in [-0.15, -0.1) is 12.4 Å². The van der Waals surface area contributed by atoms with Gasteiger partial charge < -0.3 is 15.0 Å². The van der Waals surface area contributed by atoms with Crippen LogP contribution in [0, 0.1) is 5.82 Å². The summed E-state index contributed by atoms with van der Waals surface area (Å²) in [6.45, 7) is 1.94. The van der Waals surface area contributed by atoms with Gasteiger partial charge in [0.25, 0.3) is 0 Å². The minimum atomic E-state index is -0.847. The Morgan fingerprint density at radius 3 is 2.26 bits per heavy atom. The van der Waals surface area contributed by atoms with E-state index in [1.165, 1.54) is 12.1 Å². The molecule has 7 heteroatoms. The first-order valence-corrected chi connectivity index (χ1v) is 11.0. The van der Waals surface area contributed by atoms with E-state index >= 15 is 0 Å². The predicted octanol–water partition coefficient (Wildman–Crippen LogP) is 4.36. The maximum atomic E-state index is 13.2. The van der Waals surface area contributed by atoms with Crippen molar-refractivity contribution in [3.63, 3.8) is 0 Å². The second-order valence-corrected chi connectivity index (χ2v) is 8.85. The van der Waals surface area contributed by atoms with Crippen LogP contribution >= 0.6 is 12.4 Å². The number of aromatic nitrogens is 2. The molecule has 1 aliphatic carbocycles. The number of aliphatic hydroxyl groups is 1. The van der Waals surface area contributed by atoms with Crippen LogP contribution in [0.25, 0.3) is 11.0 Å². The fourth-order valence-corrected chi connectivity index (χ4v) is 5.44. The number of rotatable bonds is 3. The molecule has 0 unspecified atom stereocenters. The van der Waals surface area contributed by atoms with E-state index < -0.39 is 5.60 Å². The molecule has 0 bridgehead atoms. The first kappa shape index (κ1) is 22.1. The van der Waals surface area contributed by atoms with Crippen molar-refractivity contribution in [2.24, 2.45) is 0 Å². The molecule has 31 heavy (non-hydrogen) atoms. The summed E-state index contributed by atoms with van der Waals surface area (Å²) in [4.78, 5) is 18.0. The zero-order chi connectivity index (χ0) is 20.7. The summed E-state index contributed by atoms with van der Waals surface area (Å²) in [6.07, 6.45) is 5.19. The molecule has 1 aliphatic heterocycles. The quantitative estimate of drug-likeness (QED) is 0.629. The van der Waals surface area contributed by atoms with Crippen LogP contribution in [0.15, 0.2) is 53.3 Å². The van der Waals surface area contributed by atoms with Crippen molar-refractivity contribution < 1.29 is 9.50 Å². The Morgan fingerprint density at radius 2 is 1.58 bits per heavy atom. The molecular formula is C24H29ClFN3O2. The van der Waals surface area contributed by atoms with Crippen LogP contribution in [0.1, 0.15) is 50.1 Å². The fraction of sp³-hybridized carbons (Fsp3) is 0.458. The lowest BCUT2D eigenvalue weighted by Gasteiger charge is -2.43. The van der Waals surface area contributed by atoms with Crippen LogP contribution in [0.3, 0.4) is 0 Å². The minimum absolute atomic E-state index is 0. The summed E-state index contributed by atoms with van der Waals surface area (Å²) in [5.74, 6) is -0.270. The zero-order valence-electron chi connectivity index (χ0n) is 17.5. The molecule has 3 aromatic rings. The number of likely N-dealkylation sites (tertiary alicyclic amines) is 1. The second kappa shape index (κ2) is 8.77. The molecule has 0 amide bonds. The molecule has 5 rings (SSSR count). The molecule has 2 fully saturated rings. The van der Waals surface area contributed by atoms with E-state index in [-0.39, 0.29) is 30.0 Å². The molecule has 1 saturated heterocycles. The Balaban J connectivity index is 0.00000231. The number of H-pyrrole nitrogens is 1. The lowest BCUT2D eigenvalue weighted by Crippen LogP contribution is -2.46. The van der Waals surface area contributed by atoms with E-state index in [1.807, 2.05) is 28.8 Å². The van der Waals surface area contributed by atoms with Crippen LogP contribution in [0.4, 0.5) is 4.39 Å². The molecule has 2 N–H and O–H groups in total. The van der Waals surface area contributed by atoms with E-state index in [9.17, 15) is 14.3 Å². The van der Waals surface area contributed by atoms with E-state index in [4.69, 9.17) is 0 Å². The Kier molecular flexibility index (Phi) is 6.24. The summed E-state index contributed by atoms with van der Waals surface area (Å²) < 4.78 is 15.1. The van der Waals surface area contributed by atoms with Gasteiger partial charge in [-0.05, 0) is 68.4 Å². The van der Waals surface area contributed by atoms with Gasteiger partial charge in [-0.3, -0.25) is 4.57 Å². The third kappa shape index (κ3) is 4.16. The van der Waals surface area contributed by atoms with Gasteiger partial charge in [-0.2, -0.15) is 0 Å². The third-order valence-electron chi connectivity index (χ3n) is 7.17. The molecule has 5 nitrogen and oxygen atoms in total. The number of nitrogens with zero attached hydrogens (tertiary/aromatic N) is 2. The van der Waals surface area contributed by atoms with Gasteiger partial charge in [0.15, 0.2) is 0 Å². The first-order chi connectivity index (χ1) is 14.5. The molecule has 1 aromatic heterocycles. The SMILES string of the molecule is Cl.O=c1[nH]c2ccccc2n1C1CCN(C2CCC(O)(c3ccc(F)cc3)CC2)CC1. The fourth-order valence-electron chi connectivity index (χ4n) is 5.44. The second-order valence-electron chi connectivity index (χ2n) is 8.85. The molecule has 2 heterocycles. The highest BCUT2D eigenvalue weighted by Gasteiger charge is 2.37. The number of fused-ring (bicyclic) bond motifs is 1. The van der Waals surface area contributed by atoms with E-state index in [1.54, 1.807) is 12.1 Å². The number of halogens is 2. The molecule has 1 saturated carbocycles. The van der Waals surface area contributed by atoms with Crippen molar-refractivity contribution in [1.82, 2.24) is 14.5 Å². The monoisotopic (exact) mass is 445 g/mol. The molecule has 0 atom stereocenters. The van der Waals surface area contributed by atoms with Crippen LogP contribution in [0.5, 0.6) is 0 Å². The maximum absolute atomic E-state index is 13.2. The third-order valence-corrected chi connectivity index (χ3v) is 7.17. The van der Waals surface area contributed by atoms with Crippen molar-refractivity contribution in [3.05, 3.63) is 70.4 Å². The standard InChI is InChI=1S/C24H28FN3O2.ClH/c25-18-7-5-17(6-8-18)24(30)13-9-19(10-14-24)27-15-11-20(12-16-27)28-22-4-2-1-3-21(22)26-23(28)29;/h1-8,19-20,30H,9-16H2,(H,26,29);1H. The highest BCUT2D eigenvalue weighted by molar-refractivity contribution is 5.85. The molecule has 2 aromatic carbocycles. The summed E-state index contributed by atoms with van der Waals surface area (Å²) in [5.41, 5.74) is 1.84. The number of piperidine rings is 1. The van der Waals surface area contributed by atoms with Gasteiger partial charge in [0.1, 0.15) is 5.82 Å². The van der Waals surface area contributed by atoms with E-state index in [0.717, 1.165) is 55.4 Å². The summed E-state index contributed by atoms with van der Waals surface area (Å²) in [5, 5.41) is 11.1. The van der Waals surface area contributed by atoms with Crippen molar-refractivity contribution in [3.8, 4) is 0 Å². The Morgan fingerprint density at radius 1 is 0.935 bits per heavy atom. The van der Waals surface area contributed by atoms with Crippen molar-refractivity contribution in [2.45, 2.75) is 56.2 Å². The Labute approximate surface area is 187 Å². The van der Waals surface area contributed by atoms with E-state index in [2.05, 4.69) is 9.88 Å². The topological polar surface area (TPSA) is 61.3 Å². The number of benzene rings is 2. The van der Waals surface area contributed by atoms with Crippen LogP contribution in [-0.4, -0.2) is 38.7 Å². The highest BCUT2D eigenvalue weighted by Crippen LogP contribution is 2.39. The summed E-state index contributed by atoms with van der Waals surface area (Å²) in [7, 11) is 0. The maximum Gasteiger partial charge on any atom is 0.326 e. The minimum Gasteiger partial charge on any atom is -0.385 e. The number of para-hydroxylation sites is 2. The summed E-state index contributed by atoms with van der Waals surface area (Å²) in [6, 6.07) is 14.8. The van der Waals surface area contributed by atoms with Gasteiger partial charge in [0.05, 0.1) is 16.6 Å². The van der Waals surface area contributed by atoms with Gasteiger partial charge in [0, 0.05) is 25.2 Å². The van der Waals surface area contributed by atoms with Gasteiger partial charge >= 0.3 is 5.69 Å². The zero-order valence-corrected chi connectivity index (χ0v) is 18.3. The largest absolute Gasteiger partial charge is 0.385 e. The van der Waals surface area contributed by atoms with Gasteiger partial charge in [0.2, 0.25) is 0 Å². The van der Waals surface area contributed by atoms with Gasteiger partial charge in [-0.25, -0.2) is 9.18 Å². The Hall–Kier alpha value is -2.15. The average Bonchev–Trinajstić information content (AvgIpc) is 3.10. The summed E-state index contributed by atoms with van der Waals surface area (Å²) >= 11 is 0.